The van der Waals surface area contributed by atoms with Gasteiger partial charge in [-0.25, -0.2) is 9.97 Å². The number of pyridine rings is 1. The monoisotopic (exact) mass is 452 g/mol. The molecule has 7 heteroatoms. The molecular weight excluding hydrogens is 436 g/mol. The van der Waals surface area contributed by atoms with Gasteiger partial charge in [0.1, 0.15) is 5.15 Å². The lowest BCUT2D eigenvalue weighted by atomic mass is 10.0. The summed E-state index contributed by atoms with van der Waals surface area (Å²) in [4.78, 5) is 11.9. The van der Waals surface area contributed by atoms with Crippen LogP contribution in [0.2, 0.25) is 5.15 Å². The highest BCUT2D eigenvalue weighted by atomic mass is 35.5. The standard InChI is InChI=1S/C26H17ClN4O2/c27-25-18(12-16-8-4-5-9-19(16)30-25)23-22(15-6-2-1-3-7-15)24(32)26(33)31(23)17-10-11-20-21(13-17)29-14-28-20/h1-14,32-33H,(H,28,29). The zero-order valence-electron chi connectivity index (χ0n) is 17.2. The Labute approximate surface area is 193 Å². The van der Waals surface area contributed by atoms with Gasteiger partial charge < -0.3 is 15.2 Å². The molecule has 0 saturated carbocycles. The number of halogens is 1. The molecule has 3 heterocycles. The number of nitrogens with zero attached hydrogens (tertiary/aromatic N) is 3. The molecule has 33 heavy (non-hydrogen) atoms. The van der Waals surface area contributed by atoms with Gasteiger partial charge in [0.15, 0.2) is 5.75 Å². The van der Waals surface area contributed by atoms with Crippen molar-refractivity contribution in [1.29, 1.82) is 0 Å². The maximum Gasteiger partial charge on any atom is 0.240 e. The van der Waals surface area contributed by atoms with Gasteiger partial charge in [-0.3, -0.25) is 4.57 Å². The van der Waals surface area contributed by atoms with E-state index < -0.39 is 0 Å². The van der Waals surface area contributed by atoms with Crippen LogP contribution in [0.5, 0.6) is 11.6 Å². The minimum Gasteiger partial charge on any atom is -0.503 e. The molecule has 0 aliphatic carbocycles. The Kier molecular flexibility index (Phi) is 4.35. The molecule has 0 radical (unpaired) electrons. The van der Waals surface area contributed by atoms with E-state index in [0.717, 1.165) is 27.5 Å². The van der Waals surface area contributed by atoms with Crippen molar-refractivity contribution < 1.29 is 10.2 Å². The number of aromatic nitrogens is 4. The van der Waals surface area contributed by atoms with Crippen molar-refractivity contribution in [3.63, 3.8) is 0 Å². The normalized spacial score (nSPS) is 11.4. The highest BCUT2D eigenvalue weighted by Gasteiger charge is 2.27. The zero-order valence-corrected chi connectivity index (χ0v) is 18.0. The highest BCUT2D eigenvalue weighted by Crippen LogP contribution is 2.50. The van der Waals surface area contributed by atoms with Crippen LogP contribution in [0.1, 0.15) is 0 Å². The molecule has 3 aromatic heterocycles. The van der Waals surface area contributed by atoms with Gasteiger partial charge in [0, 0.05) is 10.9 Å². The topological polar surface area (TPSA) is 87.0 Å². The summed E-state index contributed by atoms with van der Waals surface area (Å²) < 4.78 is 1.59. The van der Waals surface area contributed by atoms with Gasteiger partial charge in [0.25, 0.3) is 0 Å². The summed E-state index contributed by atoms with van der Waals surface area (Å²) in [6, 6.07) is 24.6. The van der Waals surface area contributed by atoms with E-state index in [-0.39, 0.29) is 16.8 Å². The Morgan fingerprint density at radius 2 is 1.64 bits per heavy atom. The highest BCUT2D eigenvalue weighted by molar-refractivity contribution is 6.33. The largest absolute Gasteiger partial charge is 0.503 e. The molecule has 0 aliphatic heterocycles. The molecule has 3 aromatic carbocycles. The van der Waals surface area contributed by atoms with E-state index in [4.69, 9.17) is 11.6 Å². The van der Waals surface area contributed by atoms with Crippen molar-refractivity contribution in [3.8, 4) is 39.7 Å². The third-order valence-electron chi connectivity index (χ3n) is 5.78. The fourth-order valence-corrected chi connectivity index (χ4v) is 4.49. The minimum atomic E-state index is -0.285. The maximum atomic E-state index is 11.1. The summed E-state index contributed by atoms with van der Waals surface area (Å²) in [6.45, 7) is 0. The van der Waals surface area contributed by atoms with Crippen LogP contribution in [0.25, 0.3) is 50.0 Å². The van der Waals surface area contributed by atoms with Gasteiger partial charge >= 0.3 is 0 Å². The van der Waals surface area contributed by atoms with E-state index in [2.05, 4.69) is 15.0 Å². The molecule has 3 N–H and O–H groups in total. The SMILES string of the molecule is Oc1c(-c2ccccc2)c(-c2cc3ccccc3nc2Cl)n(-c2ccc3nc[nH]c3c2)c1O. The van der Waals surface area contributed by atoms with Crippen LogP contribution >= 0.6 is 11.6 Å². The third-order valence-corrected chi connectivity index (χ3v) is 6.07. The van der Waals surface area contributed by atoms with Gasteiger partial charge in [-0.1, -0.05) is 60.1 Å². The lowest BCUT2D eigenvalue weighted by Gasteiger charge is -2.14. The molecular formula is C26H17ClN4O2. The Hall–Kier alpha value is -4.29. The number of rotatable bonds is 3. The quantitative estimate of drug-likeness (QED) is 0.275. The average Bonchev–Trinajstić information content (AvgIpc) is 3.41. The Morgan fingerprint density at radius 1 is 0.848 bits per heavy atom. The van der Waals surface area contributed by atoms with Gasteiger partial charge in [0.2, 0.25) is 5.88 Å². The Bertz CT molecular complexity index is 1650. The molecule has 0 aliphatic rings. The number of fused-ring (bicyclic) bond motifs is 2. The van der Waals surface area contributed by atoms with Crippen LogP contribution in [0.15, 0.2) is 85.2 Å². The number of aromatic hydroxyl groups is 2. The van der Waals surface area contributed by atoms with E-state index in [1.165, 1.54) is 0 Å². The van der Waals surface area contributed by atoms with E-state index in [1.54, 1.807) is 10.9 Å². The first kappa shape index (κ1) is 19.4. The van der Waals surface area contributed by atoms with Crippen LogP contribution in [-0.4, -0.2) is 29.7 Å². The van der Waals surface area contributed by atoms with Crippen LogP contribution in [0, 0.1) is 0 Å². The van der Waals surface area contributed by atoms with Gasteiger partial charge in [-0.15, -0.1) is 0 Å². The number of nitrogens with one attached hydrogen (secondary N) is 1. The number of H-pyrrole nitrogens is 1. The predicted molar refractivity (Wildman–Crippen MR) is 130 cm³/mol. The van der Waals surface area contributed by atoms with Crippen molar-refractivity contribution >= 4 is 33.5 Å². The molecule has 160 valence electrons. The number of hydrogen-bond donors (Lipinski definition) is 3. The van der Waals surface area contributed by atoms with Crippen molar-refractivity contribution in [3.05, 3.63) is 90.3 Å². The second-order valence-electron chi connectivity index (χ2n) is 7.72. The molecule has 6 nitrogen and oxygen atoms in total. The molecule has 0 spiro atoms. The Morgan fingerprint density at radius 3 is 2.48 bits per heavy atom. The molecule has 0 fully saturated rings. The fraction of sp³-hybridized carbons (Fsp3) is 0. The first-order valence-corrected chi connectivity index (χ1v) is 10.7. The summed E-state index contributed by atoms with van der Waals surface area (Å²) in [5.74, 6) is -0.517. The van der Waals surface area contributed by atoms with E-state index in [9.17, 15) is 10.2 Å². The predicted octanol–water partition coefficient (Wildman–Crippen LogP) is 6.30. The molecule has 6 rings (SSSR count). The molecule has 6 aromatic rings. The molecule has 0 saturated heterocycles. The van der Waals surface area contributed by atoms with E-state index in [0.29, 0.717) is 22.5 Å². The number of hydrogen-bond acceptors (Lipinski definition) is 4. The van der Waals surface area contributed by atoms with Crippen LogP contribution < -0.4 is 0 Å². The lowest BCUT2D eigenvalue weighted by Crippen LogP contribution is -1.99. The number of imidazole rings is 1. The smallest absolute Gasteiger partial charge is 0.240 e. The number of benzene rings is 3. The maximum absolute atomic E-state index is 11.1. The second-order valence-corrected chi connectivity index (χ2v) is 8.08. The first-order valence-electron chi connectivity index (χ1n) is 10.3. The average molecular weight is 453 g/mol. The third kappa shape index (κ3) is 3.03. The van der Waals surface area contributed by atoms with Crippen molar-refractivity contribution in [1.82, 2.24) is 19.5 Å². The van der Waals surface area contributed by atoms with Crippen molar-refractivity contribution in [2.45, 2.75) is 0 Å². The minimum absolute atomic E-state index is 0.231. The summed E-state index contributed by atoms with van der Waals surface area (Å²) in [7, 11) is 0. The molecule has 0 amide bonds. The number of aromatic amines is 1. The second kappa shape index (κ2) is 7.39. The van der Waals surface area contributed by atoms with Crippen molar-refractivity contribution in [2.75, 3.05) is 0 Å². The summed E-state index contributed by atoms with van der Waals surface area (Å²) in [5.41, 5.74) is 5.34. The summed E-state index contributed by atoms with van der Waals surface area (Å²) >= 11 is 6.69. The van der Waals surface area contributed by atoms with Gasteiger partial charge in [-0.2, -0.15) is 0 Å². The van der Waals surface area contributed by atoms with Crippen LogP contribution in [0.3, 0.4) is 0 Å². The first-order chi connectivity index (χ1) is 16.1. The van der Waals surface area contributed by atoms with Gasteiger partial charge in [-0.05, 0) is 35.9 Å². The fourth-order valence-electron chi connectivity index (χ4n) is 4.25. The van der Waals surface area contributed by atoms with Crippen LogP contribution in [-0.2, 0) is 0 Å². The zero-order chi connectivity index (χ0) is 22.5. The van der Waals surface area contributed by atoms with Gasteiger partial charge in [0.05, 0.1) is 39.8 Å². The van der Waals surface area contributed by atoms with Crippen molar-refractivity contribution in [2.24, 2.45) is 0 Å². The summed E-state index contributed by atoms with van der Waals surface area (Å²) in [5, 5.41) is 23.4. The molecule has 0 atom stereocenters. The van der Waals surface area contributed by atoms with Crippen LogP contribution in [0.4, 0.5) is 0 Å². The molecule has 0 unspecified atom stereocenters. The number of para-hydroxylation sites is 1. The Balaban J connectivity index is 1.73. The van der Waals surface area contributed by atoms with E-state index in [1.807, 2.05) is 78.9 Å². The lowest BCUT2D eigenvalue weighted by molar-refractivity contribution is 0.388. The molecule has 0 bridgehead atoms. The summed E-state index contributed by atoms with van der Waals surface area (Å²) in [6.07, 6.45) is 1.61. The van der Waals surface area contributed by atoms with E-state index >= 15 is 0 Å².